The number of nitrogens with zero attached hydrogens (tertiary/aromatic N) is 1. The standard InChI is InChI=1S/C21H18N2O3/c1-14-10-18(19(12-22)21(24)23-14)15-8-9-20(25-2)16(11-15)13-26-17-6-4-3-5-7-17/h3-11H,13H2,1-2H3,(H,23,24). The number of methoxy groups -OCH3 is 1. The Bertz CT molecular complexity index is 1020. The monoisotopic (exact) mass is 346 g/mol. The molecule has 3 rings (SSSR count). The Balaban J connectivity index is 2.01. The number of ether oxygens (including phenoxy) is 2. The highest BCUT2D eigenvalue weighted by Crippen LogP contribution is 2.29. The Labute approximate surface area is 151 Å². The highest BCUT2D eigenvalue weighted by molar-refractivity contribution is 5.71. The molecule has 0 atom stereocenters. The van der Waals surface area contributed by atoms with Crippen LogP contribution in [0, 0.1) is 18.3 Å². The molecule has 0 radical (unpaired) electrons. The van der Waals surface area contributed by atoms with Crippen molar-refractivity contribution in [3.05, 3.63) is 81.8 Å². The number of rotatable bonds is 5. The van der Waals surface area contributed by atoms with Crippen molar-refractivity contribution in [2.75, 3.05) is 7.11 Å². The summed E-state index contributed by atoms with van der Waals surface area (Å²) in [6, 6.07) is 18.8. The van der Waals surface area contributed by atoms with E-state index < -0.39 is 0 Å². The molecule has 26 heavy (non-hydrogen) atoms. The van der Waals surface area contributed by atoms with Crippen LogP contribution in [0.1, 0.15) is 16.8 Å². The largest absolute Gasteiger partial charge is 0.496 e. The van der Waals surface area contributed by atoms with Crippen LogP contribution in [0.25, 0.3) is 11.1 Å². The number of aromatic amines is 1. The first-order valence-electron chi connectivity index (χ1n) is 8.11. The van der Waals surface area contributed by atoms with E-state index in [-0.39, 0.29) is 11.1 Å². The molecule has 0 unspecified atom stereocenters. The summed E-state index contributed by atoms with van der Waals surface area (Å²) < 4.78 is 11.2. The van der Waals surface area contributed by atoms with Gasteiger partial charge in [0.05, 0.1) is 7.11 Å². The van der Waals surface area contributed by atoms with Gasteiger partial charge < -0.3 is 14.5 Å². The number of H-pyrrole nitrogens is 1. The van der Waals surface area contributed by atoms with E-state index in [1.165, 1.54) is 0 Å². The SMILES string of the molecule is COc1ccc(-c2cc(C)[nH]c(=O)c2C#N)cc1COc1ccccc1. The van der Waals surface area contributed by atoms with Crippen LogP contribution in [0.5, 0.6) is 11.5 Å². The van der Waals surface area contributed by atoms with Crippen LogP contribution >= 0.6 is 0 Å². The molecule has 2 aromatic carbocycles. The molecule has 130 valence electrons. The van der Waals surface area contributed by atoms with Gasteiger partial charge in [0.2, 0.25) is 0 Å². The normalized spacial score (nSPS) is 10.2. The number of aryl methyl sites for hydroxylation is 1. The summed E-state index contributed by atoms with van der Waals surface area (Å²) in [5, 5.41) is 9.35. The number of aromatic nitrogens is 1. The highest BCUT2D eigenvalue weighted by atomic mass is 16.5. The first kappa shape index (κ1) is 17.3. The minimum atomic E-state index is -0.389. The molecule has 5 nitrogen and oxygen atoms in total. The topological polar surface area (TPSA) is 75.1 Å². The van der Waals surface area contributed by atoms with Gasteiger partial charge in [0.1, 0.15) is 29.7 Å². The number of hydrogen-bond acceptors (Lipinski definition) is 4. The Morgan fingerprint density at radius 1 is 1.12 bits per heavy atom. The molecule has 0 fully saturated rings. The summed E-state index contributed by atoms with van der Waals surface area (Å²) in [5.74, 6) is 1.44. The van der Waals surface area contributed by atoms with Crippen molar-refractivity contribution < 1.29 is 9.47 Å². The first-order valence-corrected chi connectivity index (χ1v) is 8.11. The molecule has 1 heterocycles. The first-order chi connectivity index (χ1) is 12.6. The number of benzene rings is 2. The lowest BCUT2D eigenvalue weighted by Crippen LogP contribution is -2.12. The average molecular weight is 346 g/mol. The van der Waals surface area contributed by atoms with Crippen LogP contribution in [-0.2, 0) is 6.61 Å². The van der Waals surface area contributed by atoms with Crippen LogP contribution in [0.15, 0.2) is 59.4 Å². The van der Waals surface area contributed by atoms with Crippen LogP contribution < -0.4 is 15.0 Å². The minimum Gasteiger partial charge on any atom is -0.496 e. The smallest absolute Gasteiger partial charge is 0.266 e. The molecule has 3 aromatic rings. The summed E-state index contributed by atoms with van der Waals surface area (Å²) in [6.45, 7) is 2.10. The maximum absolute atomic E-state index is 12.1. The molecule has 0 aliphatic carbocycles. The zero-order chi connectivity index (χ0) is 18.5. The van der Waals surface area contributed by atoms with Gasteiger partial charge in [-0.2, -0.15) is 5.26 Å². The molecule has 1 N–H and O–H groups in total. The van der Waals surface area contributed by atoms with Gasteiger partial charge in [-0.3, -0.25) is 4.79 Å². The third-order valence-electron chi connectivity index (χ3n) is 4.01. The van der Waals surface area contributed by atoms with Crippen LogP contribution in [0.4, 0.5) is 0 Å². The zero-order valence-corrected chi connectivity index (χ0v) is 14.6. The molecular formula is C21H18N2O3. The van der Waals surface area contributed by atoms with Gasteiger partial charge in [0, 0.05) is 16.8 Å². The van der Waals surface area contributed by atoms with E-state index in [1.54, 1.807) is 20.1 Å². The quantitative estimate of drug-likeness (QED) is 0.762. The molecule has 0 saturated heterocycles. The number of pyridine rings is 1. The number of nitriles is 1. The molecule has 0 spiro atoms. The second kappa shape index (κ2) is 7.58. The highest BCUT2D eigenvalue weighted by Gasteiger charge is 2.13. The summed E-state index contributed by atoms with van der Waals surface area (Å²) in [7, 11) is 1.60. The van der Waals surface area contributed by atoms with E-state index in [0.717, 1.165) is 16.9 Å². The van der Waals surface area contributed by atoms with Gasteiger partial charge >= 0.3 is 0 Å². The second-order valence-electron chi connectivity index (χ2n) is 5.81. The Morgan fingerprint density at radius 3 is 2.58 bits per heavy atom. The van der Waals surface area contributed by atoms with Crippen LogP contribution in [0.2, 0.25) is 0 Å². The molecule has 0 amide bonds. The van der Waals surface area contributed by atoms with Gasteiger partial charge in [-0.1, -0.05) is 24.3 Å². The predicted octanol–water partition coefficient (Wildman–Crippen LogP) is 3.81. The molecule has 5 heteroatoms. The van der Waals surface area contributed by atoms with E-state index in [1.807, 2.05) is 54.6 Å². The van der Waals surface area contributed by atoms with Gasteiger partial charge in [0.25, 0.3) is 5.56 Å². The van der Waals surface area contributed by atoms with Gasteiger partial charge in [-0.25, -0.2) is 0 Å². The Kier molecular flexibility index (Phi) is 5.04. The number of hydrogen-bond donors (Lipinski definition) is 1. The van der Waals surface area contributed by atoms with E-state index in [9.17, 15) is 10.1 Å². The molecule has 0 aliphatic heterocycles. The number of nitrogens with one attached hydrogen (secondary N) is 1. The van der Waals surface area contributed by atoms with Gasteiger partial charge in [-0.05, 0) is 42.8 Å². The summed E-state index contributed by atoms with van der Waals surface area (Å²) in [4.78, 5) is 14.7. The van der Waals surface area contributed by atoms with Crippen molar-refractivity contribution in [3.8, 4) is 28.7 Å². The third-order valence-corrected chi connectivity index (χ3v) is 4.01. The maximum Gasteiger partial charge on any atom is 0.266 e. The lowest BCUT2D eigenvalue weighted by molar-refractivity contribution is 0.297. The van der Waals surface area contributed by atoms with Crippen molar-refractivity contribution in [2.24, 2.45) is 0 Å². The lowest BCUT2D eigenvalue weighted by Gasteiger charge is -2.13. The fourth-order valence-corrected chi connectivity index (χ4v) is 2.76. The molecular weight excluding hydrogens is 328 g/mol. The number of para-hydroxylation sites is 1. The predicted molar refractivity (Wildman–Crippen MR) is 99.3 cm³/mol. The molecule has 1 aromatic heterocycles. The third kappa shape index (κ3) is 3.60. The maximum atomic E-state index is 12.1. The van der Waals surface area contributed by atoms with Crippen molar-refractivity contribution in [1.29, 1.82) is 5.26 Å². The van der Waals surface area contributed by atoms with Gasteiger partial charge in [0.15, 0.2) is 0 Å². The lowest BCUT2D eigenvalue weighted by atomic mass is 9.99. The van der Waals surface area contributed by atoms with E-state index in [0.29, 0.717) is 23.6 Å². The average Bonchev–Trinajstić information content (AvgIpc) is 2.66. The second-order valence-corrected chi connectivity index (χ2v) is 5.81. The van der Waals surface area contributed by atoms with Gasteiger partial charge in [-0.15, -0.1) is 0 Å². The molecule has 0 aliphatic rings. The van der Waals surface area contributed by atoms with Crippen molar-refractivity contribution in [2.45, 2.75) is 13.5 Å². The summed E-state index contributed by atoms with van der Waals surface area (Å²) >= 11 is 0. The zero-order valence-electron chi connectivity index (χ0n) is 14.6. The van der Waals surface area contributed by atoms with E-state index >= 15 is 0 Å². The minimum absolute atomic E-state index is 0.0932. The van der Waals surface area contributed by atoms with Crippen LogP contribution in [-0.4, -0.2) is 12.1 Å². The molecule has 0 bridgehead atoms. The van der Waals surface area contributed by atoms with E-state index in [2.05, 4.69) is 4.98 Å². The van der Waals surface area contributed by atoms with Crippen molar-refractivity contribution in [1.82, 2.24) is 4.98 Å². The fourth-order valence-electron chi connectivity index (χ4n) is 2.76. The van der Waals surface area contributed by atoms with Crippen molar-refractivity contribution >= 4 is 0 Å². The fraction of sp³-hybridized carbons (Fsp3) is 0.143. The molecule has 0 saturated carbocycles. The summed E-state index contributed by atoms with van der Waals surface area (Å²) in [6.07, 6.45) is 0. The Morgan fingerprint density at radius 2 is 1.88 bits per heavy atom. The van der Waals surface area contributed by atoms with Crippen molar-refractivity contribution in [3.63, 3.8) is 0 Å². The van der Waals surface area contributed by atoms with E-state index in [4.69, 9.17) is 9.47 Å². The van der Waals surface area contributed by atoms with Crippen LogP contribution in [0.3, 0.4) is 0 Å². The summed E-state index contributed by atoms with van der Waals surface area (Å²) in [5.41, 5.74) is 2.59. The Hall–Kier alpha value is -3.52.